The van der Waals surface area contributed by atoms with E-state index < -0.39 is 5.97 Å². The Kier molecular flexibility index (Phi) is 5.29. The van der Waals surface area contributed by atoms with Crippen LogP contribution < -0.4 is 0 Å². The molecule has 0 aliphatic rings. The molecule has 0 saturated heterocycles. The molecule has 0 bridgehead atoms. The van der Waals surface area contributed by atoms with Crippen LogP contribution >= 0.6 is 0 Å². The zero-order valence-corrected chi connectivity index (χ0v) is 10.6. The van der Waals surface area contributed by atoms with Gasteiger partial charge in [-0.1, -0.05) is 0 Å². The Morgan fingerprint density at radius 2 is 2.11 bits per heavy atom. The Morgan fingerprint density at radius 3 is 2.61 bits per heavy atom. The lowest BCUT2D eigenvalue weighted by Crippen LogP contribution is -2.38. The Morgan fingerprint density at radius 1 is 1.39 bits per heavy atom. The summed E-state index contributed by atoms with van der Waals surface area (Å²) in [6, 6.07) is -0.00686. The minimum Gasteiger partial charge on any atom is -0.481 e. The summed E-state index contributed by atoms with van der Waals surface area (Å²) in [7, 11) is 0. The third kappa shape index (κ3) is 4.52. The summed E-state index contributed by atoms with van der Waals surface area (Å²) < 4.78 is 1.58. The molecular weight excluding hydrogens is 236 g/mol. The second-order valence-electron chi connectivity index (χ2n) is 4.23. The minimum atomic E-state index is -0.898. The van der Waals surface area contributed by atoms with Crippen LogP contribution in [0.15, 0.2) is 12.7 Å². The molecule has 1 rings (SSSR count). The van der Waals surface area contributed by atoms with Gasteiger partial charge in [-0.05, 0) is 13.8 Å². The van der Waals surface area contributed by atoms with Gasteiger partial charge in [-0.2, -0.15) is 5.10 Å². The summed E-state index contributed by atoms with van der Waals surface area (Å²) in [5.74, 6) is -0.966. The number of carboxylic acids is 1. The van der Waals surface area contributed by atoms with E-state index in [1.807, 2.05) is 13.8 Å². The molecule has 1 amide bonds. The quantitative estimate of drug-likeness (QED) is 0.760. The number of aryl methyl sites for hydroxylation is 1. The molecule has 0 aliphatic carbocycles. The third-order valence-electron chi connectivity index (χ3n) is 2.53. The van der Waals surface area contributed by atoms with E-state index in [0.717, 1.165) is 0 Å². The first-order chi connectivity index (χ1) is 8.50. The molecule has 1 aromatic heterocycles. The van der Waals surface area contributed by atoms with Crippen LogP contribution in [0.2, 0.25) is 0 Å². The molecule has 0 saturated carbocycles. The van der Waals surface area contributed by atoms with Gasteiger partial charge in [0.15, 0.2) is 0 Å². The van der Waals surface area contributed by atoms with Gasteiger partial charge >= 0.3 is 5.97 Å². The lowest BCUT2D eigenvalue weighted by Gasteiger charge is -2.26. The molecule has 1 heterocycles. The van der Waals surface area contributed by atoms with Crippen LogP contribution in [-0.2, 0) is 16.1 Å². The highest BCUT2D eigenvalue weighted by atomic mass is 16.4. The van der Waals surface area contributed by atoms with Crippen LogP contribution in [0.25, 0.3) is 0 Å². The van der Waals surface area contributed by atoms with Gasteiger partial charge < -0.3 is 10.0 Å². The molecular formula is C11H18N4O3. The molecule has 0 radical (unpaired) electrons. The topological polar surface area (TPSA) is 88.3 Å². The highest BCUT2D eigenvalue weighted by Crippen LogP contribution is 2.04. The van der Waals surface area contributed by atoms with Crippen molar-refractivity contribution in [2.75, 3.05) is 6.54 Å². The summed E-state index contributed by atoms with van der Waals surface area (Å²) in [6.45, 7) is 4.43. The largest absolute Gasteiger partial charge is 0.481 e. The van der Waals surface area contributed by atoms with Gasteiger partial charge in [-0.3, -0.25) is 14.3 Å². The average molecular weight is 254 g/mol. The lowest BCUT2D eigenvalue weighted by atomic mass is 10.2. The molecule has 18 heavy (non-hydrogen) atoms. The van der Waals surface area contributed by atoms with E-state index in [0.29, 0.717) is 13.0 Å². The molecule has 0 fully saturated rings. The van der Waals surface area contributed by atoms with E-state index in [4.69, 9.17) is 5.11 Å². The van der Waals surface area contributed by atoms with Crippen molar-refractivity contribution in [2.24, 2.45) is 0 Å². The maximum absolute atomic E-state index is 12.0. The standard InChI is InChI=1S/C11H18N4O3/c1-9(2)15(6-4-11(17)18)10(16)3-5-14-8-12-7-13-14/h7-9H,3-6H2,1-2H3,(H,17,18). The molecule has 100 valence electrons. The van der Waals surface area contributed by atoms with E-state index in [9.17, 15) is 9.59 Å². The highest BCUT2D eigenvalue weighted by Gasteiger charge is 2.17. The second-order valence-corrected chi connectivity index (χ2v) is 4.23. The van der Waals surface area contributed by atoms with Crippen molar-refractivity contribution in [2.45, 2.75) is 39.3 Å². The maximum Gasteiger partial charge on any atom is 0.305 e. The lowest BCUT2D eigenvalue weighted by molar-refractivity contribution is -0.139. The first-order valence-electron chi connectivity index (χ1n) is 5.84. The van der Waals surface area contributed by atoms with Gasteiger partial charge in [0.05, 0.1) is 13.0 Å². The Labute approximate surface area is 105 Å². The smallest absolute Gasteiger partial charge is 0.305 e. The van der Waals surface area contributed by atoms with Crippen LogP contribution in [0, 0.1) is 0 Å². The number of carbonyl (C=O) groups is 2. The number of aromatic nitrogens is 3. The molecule has 1 N–H and O–H groups in total. The van der Waals surface area contributed by atoms with Gasteiger partial charge in [0.25, 0.3) is 0 Å². The van der Waals surface area contributed by atoms with E-state index in [1.54, 1.807) is 15.9 Å². The molecule has 1 aromatic rings. The first kappa shape index (κ1) is 14.1. The predicted octanol–water partition coefficient (Wildman–Crippen LogP) is 0.380. The number of aliphatic carboxylic acids is 1. The van der Waals surface area contributed by atoms with Gasteiger partial charge in [0.1, 0.15) is 12.7 Å². The SMILES string of the molecule is CC(C)N(CCC(=O)O)C(=O)CCn1cncn1. The van der Waals surface area contributed by atoms with Crippen molar-refractivity contribution in [3.05, 3.63) is 12.7 Å². The number of hydrogen-bond donors (Lipinski definition) is 1. The minimum absolute atomic E-state index is 0.00686. The maximum atomic E-state index is 12.0. The normalized spacial score (nSPS) is 10.6. The van der Waals surface area contributed by atoms with Crippen LogP contribution in [0.1, 0.15) is 26.7 Å². The average Bonchev–Trinajstić information content (AvgIpc) is 2.78. The van der Waals surface area contributed by atoms with E-state index in [2.05, 4.69) is 10.1 Å². The van der Waals surface area contributed by atoms with Gasteiger partial charge in [-0.15, -0.1) is 0 Å². The monoisotopic (exact) mass is 254 g/mol. The first-order valence-corrected chi connectivity index (χ1v) is 5.84. The van der Waals surface area contributed by atoms with Gasteiger partial charge in [0.2, 0.25) is 5.91 Å². The number of nitrogens with zero attached hydrogens (tertiary/aromatic N) is 4. The van der Waals surface area contributed by atoms with E-state index in [-0.39, 0.29) is 24.9 Å². The van der Waals surface area contributed by atoms with Crippen molar-refractivity contribution >= 4 is 11.9 Å². The predicted molar refractivity (Wildman–Crippen MR) is 63.7 cm³/mol. The van der Waals surface area contributed by atoms with Crippen molar-refractivity contribution in [1.29, 1.82) is 0 Å². The summed E-state index contributed by atoms with van der Waals surface area (Å²) >= 11 is 0. The van der Waals surface area contributed by atoms with Crippen LogP contribution in [-0.4, -0.2) is 49.2 Å². The van der Waals surface area contributed by atoms with Crippen LogP contribution in [0.5, 0.6) is 0 Å². The van der Waals surface area contributed by atoms with Crippen molar-refractivity contribution in [1.82, 2.24) is 19.7 Å². The summed E-state index contributed by atoms with van der Waals surface area (Å²) in [4.78, 5) is 27.9. The summed E-state index contributed by atoms with van der Waals surface area (Å²) in [5, 5.41) is 12.6. The zero-order chi connectivity index (χ0) is 13.5. The number of carbonyl (C=O) groups excluding carboxylic acids is 1. The molecule has 7 nitrogen and oxygen atoms in total. The van der Waals surface area contributed by atoms with Crippen molar-refractivity contribution in [3.63, 3.8) is 0 Å². The number of amides is 1. The molecule has 0 unspecified atom stereocenters. The molecule has 0 spiro atoms. The Hall–Kier alpha value is -1.92. The zero-order valence-electron chi connectivity index (χ0n) is 10.6. The summed E-state index contributed by atoms with van der Waals surface area (Å²) in [5.41, 5.74) is 0. The molecule has 7 heteroatoms. The van der Waals surface area contributed by atoms with Gasteiger partial charge in [-0.25, -0.2) is 4.98 Å². The molecule has 0 aromatic carbocycles. The number of rotatable bonds is 7. The second kappa shape index (κ2) is 6.73. The Bertz CT molecular complexity index is 389. The fourth-order valence-corrected chi connectivity index (χ4v) is 1.59. The van der Waals surface area contributed by atoms with Gasteiger partial charge in [0, 0.05) is 19.0 Å². The van der Waals surface area contributed by atoms with Crippen molar-refractivity contribution in [3.8, 4) is 0 Å². The fourth-order valence-electron chi connectivity index (χ4n) is 1.59. The highest BCUT2D eigenvalue weighted by molar-refractivity contribution is 5.77. The van der Waals surface area contributed by atoms with Crippen LogP contribution in [0.3, 0.4) is 0 Å². The molecule has 0 atom stereocenters. The summed E-state index contributed by atoms with van der Waals surface area (Å²) in [6.07, 6.45) is 3.22. The third-order valence-corrected chi connectivity index (χ3v) is 2.53. The van der Waals surface area contributed by atoms with Crippen LogP contribution in [0.4, 0.5) is 0 Å². The number of hydrogen-bond acceptors (Lipinski definition) is 4. The fraction of sp³-hybridized carbons (Fsp3) is 0.636. The van der Waals surface area contributed by atoms with Crippen molar-refractivity contribution < 1.29 is 14.7 Å². The van der Waals surface area contributed by atoms with E-state index in [1.165, 1.54) is 6.33 Å². The Balaban J connectivity index is 2.46. The van der Waals surface area contributed by atoms with E-state index >= 15 is 0 Å². The molecule has 0 aliphatic heterocycles. The number of carboxylic acid groups (broad SMARTS) is 1.